The van der Waals surface area contributed by atoms with Crippen molar-refractivity contribution in [3.05, 3.63) is 12.2 Å². The fourth-order valence-corrected chi connectivity index (χ4v) is 4.07. The SMILES string of the molecule is CCCCCCC/C=C/CCCCCCCC1=NCC[N+]1(CC)CCO. The van der Waals surface area contributed by atoms with Gasteiger partial charge >= 0.3 is 0 Å². The van der Waals surface area contributed by atoms with Gasteiger partial charge in [-0.25, -0.2) is 4.99 Å². The molecule has 0 aromatic heterocycles. The van der Waals surface area contributed by atoms with E-state index in [4.69, 9.17) is 4.99 Å². The van der Waals surface area contributed by atoms with Crippen LogP contribution >= 0.6 is 0 Å². The van der Waals surface area contributed by atoms with E-state index in [2.05, 4.69) is 26.0 Å². The molecule has 1 unspecified atom stereocenters. The van der Waals surface area contributed by atoms with Crippen molar-refractivity contribution in [1.82, 2.24) is 0 Å². The van der Waals surface area contributed by atoms with Crippen LogP contribution in [0.25, 0.3) is 0 Å². The van der Waals surface area contributed by atoms with Crippen molar-refractivity contribution in [2.45, 2.75) is 97.3 Å². The molecule has 1 aliphatic rings. The second-order valence-corrected chi connectivity index (χ2v) is 7.91. The van der Waals surface area contributed by atoms with Crippen LogP contribution in [-0.2, 0) is 0 Å². The van der Waals surface area contributed by atoms with E-state index >= 15 is 0 Å². The van der Waals surface area contributed by atoms with Crippen LogP contribution in [-0.4, -0.2) is 48.2 Å². The van der Waals surface area contributed by atoms with Crippen molar-refractivity contribution in [2.75, 3.05) is 32.8 Å². The molecule has 1 rings (SSSR count). The number of rotatable bonds is 17. The van der Waals surface area contributed by atoms with Crippen LogP contribution in [0, 0.1) is 0 Å². The summed E-state index contributed by atoms with van der Waals surface area (Å²) in [5.41, 5.74) is 0. The summed E-state index contributed by atoms with van der Waals surface area (Å²) < 4.78 is 0.944. The molecule has 0 spiro atoms. The van der Waals surface area contributed by atoms with Gasteiger partial charge in [-0.15, -0.1) is 0 Å². The monoisotopic (exact) mass is 365 g/mol. The summed E-state index contributed by atoms with van der Waals surface area (Å²) in [6.07, 6.45) is 22.0. The first-order valence-electron chi connectivity index (χ1n) is 11.4. The Kier molecular flexibility index (Phi) is 13.8. The maximum Gasteiger partial charge on any atom is 0.198 e. The lowest BCUT2D eigenvalue weighted by Gasteiger charge is -2.33. The number of likely N-dealkylation sites (N-methyl/N-ethyl adjacent to an activating group) is 1. The zero-order valence-electron chi connectivity index (χ0n) is 17.7. The second-order valence-electron chi connectivity index (χ2n) is 7.91. The Hall–Kier alpha value is -0.670. The van der Waals surface area contributed by atoms with Crippen molar-refractivity contribution in [2.24, 2.45) is 4.99 Å². The highest BCUT2D eigenvalue weighted by Crippen LogP contribution is 2.19. The quantitative estimate of drug-likeness (QED) is 0.195. The van der Waals surface area contributed by atoms with Crippen LogP contribution in [0.5, 0.6) is 0 Å². The average Bonchev–Trinajstić information content (AvgIpc) is 3.05. The Bertz CT molecular complexity index is 392. The number of aliphatic hydroxyl groups is 1. The molecule has 3 heteroatoms. The summed E-state index contributed by atoms with van der Waals surface area (Å²) in [5, 5.41) is 9.36. The van der Waals surface area contributed by atoms with E-state index in [0.717, 1.165) is 37.1 Å². The van der Waals surface area contributed by atoms with Gasteiger partial charge in [0.25, 0.3) is 0 Å². The van der Waals surface area contributed by atoms with Crippen molar-refractivity contribution in [1.29, 1.82) is 0 Å². The first-order valence-corrected chi connectivity index (χ1v) is 11.4. The number of aliphatic imine (C=N–C) groups is 1. The van der Waals surface area contributed by atoms with Crippen LogP contribution in [0.15, 0.2) is 17.1 Å². The molecule has 0 radical (unpaired) electrons. The second kappa shape index (κ2) is 15.4. The summed E-state index contributed by atoms with van der Waals surface area (Å²) in [7, 11) is 0. The lowest BCUT2D eigenvalue weighted by atomic mass is 10.1. The zero-order valence-corrected chi connectivity index (χ0v) is 17.7. The number of allylic oxidation sites excluding steroid dienone is 2. The van der Waals surface area contributed by atoms with Gasteiger partial charge in [-0.3, -0.25) is 4.48 Å². The molecule has 1 heterocycles. The smallest absolute Gasteiger partial charge is 0.198 e. The molecule has 0 saturated heterocycles. The minimum Gasteiger partial charge on any atom is -0.390 e. The van der Waals surface area contributed by atoms with Gasteiger partial charge in [-0.2, -0.15) is 0 Å². The van der Waals surface area contributed by atoms with Crippen LogP contribution in [0.3, 0.4) is 0 Å². The third kappa shape index (κ3) is 9.32. The van der Waals surface area contributed by atoms with E-state index in [0.29, 0.717) is 0 Å². The topological polar surface area (TPSA) is 32.6 Å². The molecule has 1 N–H and O–H groups in total. The van der Waals surface area contributed by atoms with Crippen LogP contribution in [0.1, 0.15) is 97.3 Å². The molecule has 0 amide bonds. The third-order valence-corrected chi connectivity index (χ3v) is 5.92. The van der Waals surface area contributed by atoms with Crippen LogP contribution in [0.4, 0.5) is 0 Å². The van der Waals surface area contributed by atoms with Gasteiger partial charge in [-0.05, 0) is 39.0 Å². The predicted octanol–water partition coefficient (Wildman–Crippen LogP) is 5.87. The standard InChI is InChI=1S/C23H45N2O/c1-3-5-6-7-8-9-10-11-12-13-14-15-16-17-18-23-24-19-20-25(23,4-2)21-22-26/h10-11,26H,3-9,12-22H2,1-2H3/q+1/b11-10+. The number of hydrogen-bond donors (Lipinski definition) is 1. The van der Waals surface area contributed by atoms with E-state index < -0.39 is 0 Å². The molecule has 0 bridgehead atoms. The third-order valence-electron chi connectivity index (χ3n) is 5.92. The molecule has 3 nitrogen and oxygen atoms in total. The van der Waals surface area contributed by atoms with Gasteiger partial charge in [0.15, 0.2) is 5.84 Å². The van der Waals surface area contributed by atoms with E-state index in [1.165, 1.54) is 82.9 Å². The molecule has 0 fully saturated rings. The minimum atomic E-state index is 0.277. The van der Waals surface area contributed by atoms with E-state index in [-0.39, 0.29) is 6.61 Å². The van der Waals surface area contributed by atoms with Crippen molar-refractivity contribution < 1.29 is 9.59 Å². The Labute approximate surface area is 163 Å². The minimum absolute atomic E-state index is 0.277. The highest BCUT2D eigenvalue weighted by molar-refractivity contribution is 5.76. The Balaban J connectivity index is 1.96. The number of hydrogen-bond acceptors (Lipinski definition) is 2. The summed E-state index contributed by atoms with van der Waals surface area (Å²) in [5.74, 6) is 1.35. The highest BCUT2D eigenvalue weighted by Gasteiger charge is 2.35. The summed E-state index contributed by atoms with van der Waals surface area (Å²) in [6.45, 7) is 8.75. The van der Waals surface area contributed by atoms with Crippen LogP contribution in [0.2, 0.25) is 0 Å². The molecule has 26 heavy (non-hydrogen) atoms. The molecule has 0 saturated carbocycles. The summed E-state index contributed by atoms with van der Waals surface area (Å²) in [4.78, 5) is 4.75. The molecule has 0 aromatic rings. The normalized spacial score (nSPS) is 20.2. The number of aliphatic hydroxyl groups excluding tert-OH is 1. The molecule has 0 aromatic carbocycles. The first kappa shape index (κ1) is 23.4. The Morgan fingerprint density at radius 2 is 1.50 bits per heavy atom. The maximum absolute atomic E-state index is 9.36. The Morgan fingerprint density at radius 3 is 2.12 bits per heavy atom. The molecule has 152 valence electrons. The molecular formula is C23H45N2O+. The Morgan fingerprint density at radius 1 is 0.885 bits per heavy atom. The largest absolute Gasteiger partial charge is 0.390 e. The van der Waals surface area contributed by atoms with Gasteiger partial charge in [-0.1, -0.05) is 64.0 Å². The summed E-state index contributed by atoms with van der Waals surface area (Å²) in [6, 6.07) is 0. The van der Waals surface area contributed by atoms with Crippen molar-refractivity contribution >= 4 is 5.84 Å². The van der Waals surface area contributed by atoms with Gasteiger partial charge in [0.1, 0.15) is 13.1 Å². The fraction of sp³-hybridized carbons (Fsp3) is 0.870. The number of amidine groups is 1. The highest BCUT2D eigenvalue weighted by atomic mass is 16.3. The molecule has 1 atom stereocenters. The van der Waals surface area contributed by atoms with Gasteiger partial charge in [0.05, 0.1) is 19.7 Å². The number of nitrogens with zero attached hydrogens (tertiary/aromatic N) is 2. The van der Waals surface area contributed by atoms with E-state index in [1.807, 2.05) is 0 Å². The first-order chi connectivity index (χ1) is 12.8. The number of quaternary nitrogens is 1. The maximum atomic E-state index is 9.36. The fourth-order valence-electron chi connectivity index (χ4n) is 4.07. The lowest BCUT2D eigenvalue weighted by Crippen LogP contribution is -2.52. The lowest BCUT2D eigenvalue weighted by molar-refractivity contribution is -0.835. The molecule has 1 aliphatic heterocycles. The molecular weight excluding hydrogens is 320 g/mol. The zero-order chi connectivity index (χ0) is 18.9. The summed E-state index contributed by atoms with van der Waals surface area (Å²) >= 11 is 0. The van der Waals surface area contributed by atoms with E-state index in [1.54, 1.807) is 0 Å². The van der Waals surface area contributed by atoms with Gasteiger partial charge in [0.2, 0.25) is 0 Å². The van der Waals surface area contributed by atoms with Gasteiger partial charge in [0, 0.05) is 6.42 Å². The van der Waals surface area contributed by atoms with Crippen LogP contribution < -0.4 is 0 Å². The number of unbranched alkanes of at least 4 members (excludes halogenated alkanes) is 10. The predicted molar refractivity (Wildman–Crippen MR) is 115 cm³/mol. The van der Waals surface area contributed by atoms with E-state index in [9.17, 15) is 5.11 Å². The van der Waals surface area contributed by atoms with Crippen molar-refractivity contribution in [3.8, 4) is 0 Å². The molecule has 0 aliphatic carbocycles. The average molecular weight is 366 g/mol. The van der Waals surface area contributed by atoms with Crippen molar-refractivity contribution in [3.63, 3.8) is 0 Å². The van der Waals surface area contributed by atoms with Gasteiger partial charge < -0.3 is 5.11 Å².